The van der Waals surface area contributed by atoms with Crippen molar-refractivity contribution < 1.29 is 9.53 Å². The van der Waals surface area contributed by atoms with Crippen molar-refractivity contribution in [2.24, 2.45) is 0 Å². The average molecular weight is 192 g/mol. The zero-order valence-corrected chi connectivity index (χ0v) is 7.77. The monoisotopic (exact) mass is 192 g/mol. The molecule has 2 heterocycles. The van der Waals surface area contributed by atoms with Gasteiger partial charge >= 0.3 is 0 Å². The minimum atomic E-state index is 0.163. The molecule has 74 valence electrons. The molecule has 0 unspecified atom stereocenters. The first kappa shape index (κ1) is 9.30. The van der Waals surface area contributed by atoms with Gasteiger partial charge in [0.05, 0.1) is 19.3 Å². The standard InChI is InChI=1S/C10H12N2O2/c13-6-8-3-9(5-11-4-8)10-7-14-2-1-12-10/h3-6,10,12H,1-2,7H2/t10-/m0/s1. The van der Waals surface area contributed by atoms with Crippen molar-refractivity contribution in [1.82, 2.24) is 10.3 Å². The van der Waals surface area contributed by atoms with E-state index in [0.29, 0.717) is 12.2 Å². The number of aromatic nitrogens is 1. The van der Waals surface area contributed by atoms with E-state index < -0.39 is 0 Å². The van der Waals surface area contributed by atoms with Crippen molar-refractivity contribution in [3.05, 3.63) is 29.6 Å². The molecule has 0 bridgehead atoms. The number of hydrogen-bond donors (Lipinski definition) is 1. The number of nitrogens with one attached hydrogen (secondary N) is 1. The molecule has 1 aliphatic heterocycles. The van der Waals surface area contributed by atoms with E-state index in [1.54, 1.807) is 12.4 Å². The van der Waals surface area contributed by atoms with Crippen molar-refractivity contribution in [1.29, 1.82) is 0 Å². The molecule has 1 N–H and O–H groups in total. The summed E-state index contributed by atoms with van der Waals surface area (Å²) >= 11 is 0. The lowest BCUT2D eigenvalue weighted by Gasteiger charge is -2.23. The summed E-state index contributed by atoms with van der Waals surface area (Å²) in [4.78, 5) is 14.6. The van der Waals surface area contributed by atoms with Crippen molar-refractivity contribution in [2.45, 2.75) is 6.04 Å². The predicted molar refractivity (Wildman–Crippen MR) is 51.2 cm³/mol. The maximum Gasteiger partial charge on any atom is 0.151 e. The number of hydrogen-bond acceptors (Lipinski definition) is 4. The number of aldehydes is 1. The minimum absolute atomic E-state index is 0.163. The Morgan fingerprint density at radius 2 is 2.50 bits per heavy atom. The normalized spacial score (nSPS) is 21.9. The number of rotatable bonds is 2. The van der Waals surface area contributed by atoms with Crippen molar-refractivity contribution >= 4 is 6.29 Å². The molecule has 4 nitrogen and oxygen atoms in total. The third-order valence-corrected chi connectivity index (χ3v) is 2.24. The molecule has 1 fully saturated rings. The van der Waals surface area contributed by atoms with Crippen LogP contribution in [0.25, 0.3) is 0 Å². The van der Waals surface area contributed by atoms with Gasteiger partial charge in [0, 0.05) is 24.5 Å². The molecule has 1 atom stereocenters. The number of carbonyl (C=O) groups excluding carboxylic acids is 1. The zero-order valence-electron chi connectivity index (χ0n) is 7.77. The number of nitrogens with zero attached hydrogens (tertiary/aromatic N) is 1. The van der Waals surface area contributed by atoms with Gasteiger partial charge in [0.15, 0.2) is 6.29 Å². The number of morpholine rings is 1. The lowest BCUT2D eigenvalue weighted by Crippen LogP contribution is -2.34. The predicted octanol–water partition coefficient (Wildman–Crippen LogP) is 0.555. The molecular formula is C10H12N2O2. The van der Waals surface area contributed by atoms with Crippen LogP contribution in [-0.2, 0) is 4.74 Å². The summed E-state index contributed by atoms with van der Waals surface area (Å²) in [6.07, 6.45) is 4.12. The Morgan fingerprint density at radius 1 is 1.57 bits per heavy atom. The average Bonchev–Trinajstić information content (AvgIpc) is 2.30. The SMILES string of the molecule is O=Cc1cncc([C@@H]2COCCN2)c1. The van der Waals surface area contributed by atoms with Crippen LogP contribution < -0.4 is 5.32 Å². The van der Waals surface area contributed by atoms with Gasteiger partial charge in [-0.15, -0.1) is 0 Å². The highest BCUT2D eigenvalue weighted by Gasteiger charge is 2.15. The molecule has 1 aromatic heterocycles. The zero-order chi connectivity index (χ0) is 9.80. The van der Waals surface area contributed by atoms with E-state index in [1.165, 1.54) is 0 Å². The highest BCUT2D eigenvalue weighted by atomic mass is 16.5. The first-order valence-electron chi connectivity index (χ1n) is 4.61. The molecule has 0 saturated carbocycles. The molecule has 0 radical (unpaired) electrons. The Balaban J connectivity index is 2.17. The quantitative estimate of drug-likeness (QED) is 0.695. The van der Waals surface area contributed by atoms with Gasteiger partial charge in [0.2, 0.25) is 0 Å². The van der Waals surface area contributed by atoms with Gasteiger partial charge in [0.25, 0.3) is 0 Å². The van der Waals surface area contributed by atoms with Gasteiger partial charge in [-0.25, -0.2) is 0 Å². The first-order valence-corrected chi connectivity index (χ1v) is 4.61. The second-order valence-electron chi connectivity index (χ2n) is 3.25. The largest absolute Gasteiger partial charge is 0.378 e. The Labute approximate surface area is 82.3 Å². The van der Waals surface area contributed by atoms with Crippen LogP contribution in [-0.4, -0.2) is 31.0 Å². The third-order valence-electron chi connectivity index (χ3n) is 2.24. The van der Waals surface area contributed by atoms with Gasteiger partial charge in [-0.1, -0.05) is 0 Å². The van der Waals surface area contributed by atoms with E-state index in [2.05, 4.69) is 10.3 Å². The summed E-state index contributed by atoms with van der Waals surface area (Å²) in [6, 6.07) is 2.00. The van der Waals surface area contributed by atoms with E-state index in [1.807, 2.05) is 6.07 Å². The summed E-state index contributed by atoms with van der Waals surface area (Å²) in [7, 11) is 0. The van der Waals surface area contributed by atoms with Gasteiger partial charge in [-0.2, -0.15) is 0 Å². The summed E-state index contributed by atoms with van der Waals surface area (Å²) in [5.41, 5.74) is 1.61. The second-order valence-corrected chi connectivity index (χ2v) is 3.25. The van der Waals surface area contributed by atoms with Crippen LogP contribution in [0.1, 0.15) is 22.0 Å². The lowest BCUT2D eigenvalue weighted by atomic mass is 10.1. The number of carbonyl (C=O) groups is 1. The van der Waals surface area contributed by atoms with Crippen LogP contribution >= 0.6 is 0 Å². The van der Waals surface area contributed by atoms with Crippen LogP contribution in [0.5, 0.6) is 0 Å². The van der Waals surface area contributed by atoms with E-state index in [9.17, 15) is 4.79 Å². The summed E-state index contributed by atoms with van der Waals surface area (Å²) in [6.45, 7) is 2.23. The van der Waals surface area contributed by atoms with Crippen molar-refractivity contribution in [3.63, 3.8) is 0 Å². The Hall–Kier alpha value is -1.26. The van der Waals surface area contributed by atoms with E-state index >= 15 is 0 Å². The Kier molecular flexibility index (Phi) is 2.86. The van der Waals surface area contributed by atoms with Crippen LogP contribution in [0.3, 0.4) is 0 Å². The topological polar surface area (TPSA) is 51.2 Å². The fraction of sp³-hybridized carbons (Fsp3) is 0.400. The molecule has 0 spiro atoms. The molecule has 2 rings (SSSR count). The summed E-state index contributed by atoms with van der Waals surface area (Å²) in [5.74, 6) is 0. The molecule has 14 heavy (non-hydrogen) atoms. The third kappa shape index (κ3) is 1.97. The summed E-state index contributed by atoms with van der Waals surface area (Å²) in [5, 5.41) is 3.31. The number of pyridine rings is 1. The van der Waals surface area contributed by atoms with Gasteiger partial charge in [0.1, 0.15) is 0 Å². The molecule has 0 aromatic carbocycles. The lowest BCUT2D eigenvalue weighted by molar-refractivity contribution is 0.0767. The van der Waals surface area contributed by atoms with E-state index in [-0.39, 0.29) is 6.04 Å². The van der Waals surface area contributed by atoms with Crippen molar-refractivity contribution in [3.8, 4) is 0 Å². The highest BCUT2D eigenvalue weighted by molar-refractivity contribution is 5.74. The van der Waals surface area contributed by atoms with Crippen LogP contribution in [0.2, 0.25) is 0 Å². The number of ether oxygens (including phenoxy) is 1. The molecule has 1 saturated heterocycles. The minimum Gasteiger partial charge on any atom is -0.378 e. The van der Waals surface area contributed by atoms with Gasteiger partial charge in [-0.3, -0.25) is 9.78 Å². The van der Waals surface area contributed by atoms with E-state index in [0.717, 1.165) is 25.0 Å². The first-order chi connectivity index (χ1) is 6.90. The van der Waals surface area contributed by atoms with Crippen molar-refractivity contribution in [2.75, 3.05) is 19.8 Å². The highest BCUT2D eigenvalue weighted by Crippen LogP contribution is 2.15. The Bertz CT molecular complexity index is 322. The fourth-order valence-corrected chi connectivity index (χ4v) is 1.51. The molecule has 4 heteroatoms. The van der Waals surface area contributed by atoms with Crippen LogP contribution in [0.15, 0.2) is 18.5 Å². The van der Waals surface area contributed by atoms with Gasteiger partial charge in [-0.05, 0) is 11.6 Å². The molecule has 0 aliphatic carbocycles. The van der Waals surface area contributed by atoms with E-state index in [4.69, 9.17) is 4.74 Å². The van der Waals surface area contributed by atoms with Crippen LogP contribution in [0, 0.1) is 0 Å². The second kappa shape index (κ2) is 4.30. The molecule has 0 amide bonds. The van der Waals surface area contributed by atoms with Crippen LogP contribution in [0.4, 0.5) is 0 Å². The molecular weight excluding hydrogens is 180 g/mol. The maximum absolute atomic E-state index is 10.5. The fourth-order valence-electron chi connectivity index (χ4n) is 1.51. The summed E-state index contributed by atoms with van der Waals surface area (Å²) < 4.78 is 5.33. The maximum atomic E-state index is 10.5. The smallest absolute Gasteiger partial charge is 0.151 e. The van der Waals surface area contributed by atoms with Gasteiger partial charge < -0.3 is 10.1 Å². The molecule has 1 aliphatic rings. The Morgan fingerprint density at radius 3 is 3.21 bits per heavy atom. The molecule has 1 aromatic rings.